The lowest BCUT2D eigenvalue weighted by molar-refractivity contribution is -0.134. The Bertz CT molecular complexity index is 1170. The lowest BCUT2D eigenvalue weighted by Crippen LogP contribution is -2.43. The lowest BCUT2D eigenvalue weighted by atomic mass is 9.92. The van der Waals surface area contributed by atoms with Crippen molar-refractivity contribution in [1.29, 1.82) is 0 Å². The second kappa shape index (κ2) is 8.68. The summed E-state index contributed by atoms with van der Waals surface area (Å²) in [6.45, 7) is 1.30. The highest BCUT2D eigenvalue weighted by Crippen LogP contribution is 2.29. The summed E-state index contributed by atoms with van der Waals surface area (Å²) in [4.78, 5) is 38.6. The van der Waals surface area contributed by atoms with Crippen molar-refractivity contribution in [3.63, 3.8) is 0 Å². The summed E-state index contributed by atoms with van der Waals surface area (Å²) in [5.41, 5.74) is 0.164. The molecule has 9 heteroatoms. The number of urea groups is 1. The fourth-order valence-electron chi connectivity index (χ4n) is 3.45. The predicted octanol–water partition coefficient (Wildman–Crippen LogP) is 4.34. The van der Waals surface area contributed by atoms with Crippen LogP contribution in [0, 0.1) is 0 Å². The number of imide groups is 1. The molecular formula is C23H19Cl2N3O4. The molecule has 1 fully saturated rings. The van der Waals surface area contributed by atoms with Crippen molar-refractivity contribution in [3.05, 3.63) is 82.0 Å². The Kier molecular flexibility index (Phi) is 5.95. The summed E-state index contributed by atoms with van der Waals surface area (Å²) in [6.07, 6.45) is 0. The van der Waals surface area contributed by atoms with Crippen LogP contribution in [-0.4, -0.2) is 29.3 Å². The van der Waals surface area contributed by atoms with Crippen LogP contribution >= 0.6 is 23.2 Å². The van der Waals surface area contributed by atoms with E-state index in [-0.39, 0.29) is 6.54 Å². The van der Waals surface area contributed by atoms with Crippen LogP contribution in [0.4, 0.5) is 4.79 Å². The van der Waals surface area contributed by atoms with Gasteiger partial charge in [-0.2, -0.15) is 0 Å². The summed E-state index contributed by atoms with van der Waals surface area (Å²) < 4.78 is 5.74. The number of hydrogen-bond acceptors (Lipinski definition) is 4. The number of carbonyl (C=O) groups is 3. The first-order chi connectivity index (χ1) is 15.3. The zero-order chi connectivity index (χ0) is 22.9. The number of rotatable bonds is 6. The van der Waals surface area contributed by atoms with E-state index in [2.05, 4.69) is 10.6 Å². The number of halogens is 2. The van der Waals surface area contributed by atoms with Crippen molar-refractivity contribution >= 4 is 41.0 Å². The molecule has 0 radical (unpaired) electrons. The molecule has 3 aromatic rings. The number of nitrogens with zero attached hydrogens (tertiary/aromatic N) is 1. The average molecular weight is 472 g/mol. The molecule has 1 aliphatic heterocycles. The van der Waals surface area contributed by atoms with Gasteiger partial charge in [-0.25, -0.2) is 4.79 Å². The maximum absolute atomic E-state index is 12.9. The van der Waals surface area contributed by atoms with E-state index in [9.17, 15) is 14.4 Å². The second-order valence-electron chi connectivity index (χ2n) is 7.50. The molecule has 2 N–H and O–H groups in total. The smallest absolute Gasteiger partial charge is 0.325 e. The summed E-state index contributed by atoms with van der Waals surface area (Å²) in [5.74, 6) is 0.173. The minimum Gasteiger partial charge on any atom is -0.459 e. The standard InChI is InChI=1S/C23H19Cl2N3O4/c1-23(15-4-8-17(25)9-5-15)21(30)28(22(31)27-23)13-20(29)26-12-18-10-11-19(32-18)14-2-6-16(24)7-3-14/h2-11H,12-13H2,1H3,(H,26,29)(H,27,31). The van der Waals surface area contributed by atoms with Crippen LogP contribution in [0.5, 0.6) is 0 Å². The van der Waals surface area contributed by atoms with Gasteiger partial charge in [-0.1, -0.05) is 35.3 Å². The molecule has 4 amide bonds. The number of nitrogens with one attached hydrogen (secondary N) is 2. The van der Waals surface area contributed by atoms with E-state index in [0.29, 0.717) is 27.1 Å². The largest absolute Gasteiger partial charge is 0.459 e. The molecule has 1 unspecified atom stereocenters. The van der Waals surface area contributed by atoms with E-state index < -0.39 is 29.9 Å². The van der Waals surface area contributed by atoms with E-state index in [0.717, 1.165) is 10.5 Å². The predicted molar refractivity (Wildman–Crippen MR) is 120 cm³/mol. The molecule has 0 aliphatic carbocycles. The second-order valence-corrected chi connectivity index (χ2v) is 8.38. The van der Waals surface area contributed by atoms with Gasteiger partial charge in [0.25, 0.3) is 5.91 Å². The zero-order valence-corrected chi connectivity index (χ0v) is 18.5. The van der Waals surface area contributed by atoms with Gasteiger partial charge >= 0.3 is 6.03 Å². The van der Waals surface area contributed by atoms with E-state index >= 15 is 0 Å². The summed E-state index contributed by atoms with van der Waals surface area (Å²) >= 11 is 11.8. The third-order valence-corrected chi connectivity index (χ3v) is 5.75. The normalized spacial score (nSPS) is 18.0. The molecule has 32 heavy (non-hydrogen) atoms. The number of hydrogen-bond donors (Lipinski definition) is 2. The maximum Gasteiger partial charge on any atom is 0.325 e. The van der Waals surface area contributed by atoms with Crippen LogP contribution in [0.3, 0.4) is 0 Å². The minimum atomic E-state index is -1.27. The van der Waals surface area contributed by atoms with Crippen molar-refractivity contribution < 1.29 is 18.8 Å². The molecule has 0 saturated carbocycles. The third kappa shape index (κ3) is 4.35. The first-order valence-electron chi connectivity index (χ1n) is 9.78. The Labute approximate surface area is 194 Å². The molecule has 2 heterocycles. The molecule has 4 rings (SSSR count). The Morgan fingerprint density at radius 2 is 1.62 bits per heavy atom. The number of carbonyl (C=O) groups excluding carboxylic acids is 3. The van der Waals surface area contributed by atoms with Crippen molar-refractivity contribution in [3.8, 4) is 11.3 Å². The van der Waals surface area contributed by atoms with E-state index in [1.54, 1.807) is 55.5 Å². The number of benzene rings is 2. The summed E-state index contributed by atoms with van der Waals surface area (Å²) in [5, 5.41) is 6.47. The first-order valence-corrected chi connectivity index (χ1v) is 10.5. The van der Waals surface area contributed by atoms with Crippen molar-refractivity contribution in [1.82, 2.24) is 15.5 Å². The Morgan fingerprint density at radius 3 is 2.28 bits per heavy atom. The third-order valence-electron chi connectivity index (χ3n) is 5.25. The fourth-order valence-corrected chi connectivity index (χ4v) is 3.70. The van der Waals surface area contributed by atoms with Crippen LogP contribution in [0.15, 0.2) is 65.1 Å². The quantitative estimate of drug-likeness (QED) is 0.523. The Hall–Kier alpha value is -3.29. The molecule has 1 atom stereocenters. The van der Waals surface area contributed by atoms with Gasteiger partial charge in [-0.05, 0) is 61.0 Å². The van der Waals surface area contributed by atoms with Crippen LogP contribution in [0.1, 0.15) is 18.2 Å². The number of amides is 4. The highest BCUT2D eigenvalue weighted by molar-refractivity contribution is 6.30. The Balaban J connectivity index is 1.37. The minimum absolute atomic E-state index is 0.116. The SMILES string of the molecule is CC1(c2ccc(Cl)cc2)NC(=O)N(CC(=O)NCc2ccc(-c3ccc(Cl)cc3)o2)C1=O. The zero-order valence-electron chi connectivity index (χ0n) is 17.0. The van der Waals surface area contributed by atoms with E-state index in [1.165, 1.54) is 0 Å². The van der Waals surface area contributed by atoms with E-state index in [4.69, 9.17) is 27.6 Å². The van der Waals surface area contributed by atoms with Crippen LogP contribution in [0.2, 0.25) is 10.0 Å². The topological polar surface area (TPSA) is 91.7 Å². The molecule has 1 aromatic heterocycles. The van der Waals surface area contributed by atoms with Gasteiger partial charge < -0.3 is 15.1 Å². The molecular weight excluding hydrogens is 453 g/mol. The molecule has 2 aromatic carbocycles. The highest BCUT2D eigenvalue weighted by atomic mass is 35.5. The van der Waals surface area contributed by atoms with Gasteiger partial charge in [-0.3, -0.25) is 14.5 Å². The van der Waals surface area contributed by atoms with Gasteiger partial charge in [0.15, 0.2) is 0 Å². The molecule has 0 spiro atoms. The van der Waals surface area contributed by atoms with Crippen LogP contribution in [0.25, 0.3) is 11.3 Å². The maximum atomic E-state index is 12.9. The van der Waals surface area contributed by atoms with Crippen molar-refractivity contribution in [2.24, 2.45) is 0 Å². The van der Waals surface area contributed by atoms with E-state index in [1.807, 2.05) is 12.1 Å². The molecule has 1 aliphatic rings. The first kappa shape index (κ1) is 21.9. The molecule has 0 bridgehead atoms. The fraction of sp³-hybridized carbons (Fsp3) is 0.174. The van der Waals surface area contributed by atoms with Gasteiger partial charge in [-0.15, -0.1) is 0 Å². The van der Waals surface area contributed by atoms with Gasteiger partial charge in [0.2, 0.25) is 5.91 Å². The highest BCUT2D eigenvalue weighted by Gasteiger charge is 2.49. The Morgan fingerprint density at radius 1 is 1.00 bits per heavy atom. The van der Waals surface area contributed by atoms with Gasteiger partial charge in [0.1, 0.15) is 23.6 Å². The van der Waals surface area contributed by atoms with Gasteiger partial charge in [0.05, 0.1) is 6.54 Å². The summed E-state index contributed by atoms with van der Waals surface area (Å²) in [6, 6.07) is 16.7. The molecule has 1 saturated heterocycles. The average Bonchev–Trinajstić information content (AvgIpc) is 3.32. The van der Waals surface area contributed by atoms with Crippen LogP contribution in [-0.2, 0) is 21.7 Å². The monoisotopic (exact) mass is 471 g/mol. The van der Waals surface area contributed by atoms with Crippen LogP contribution < -0.4 is 10.6 Å². The summed E-state index contributed by atoms with van der Waals surface area (Å²) in [7, 11) is 0. The van der Waals surface area contributed by atoms with Gasteiger partial charge in [0, 0.05) is 15.6 Å². The van der Waals surface area contributed by atoms with Crippen molar-refractivity contribution in [2.75, 3.05) is 6.54 Å². The number of furan rings is 1. The van der Waals surface area contributed by atoms with Crippen molar-refractivity contribution in [2.45, 2.75) is 19.0 Å². The lowest BCUT2D eigenvalue weighted by Gasteiger charge is -2.22. The molecule has 164 valence electrons. The molecule has 7 nitrogen and oxygen atoms in total.